The summed E-state index contributed by atoms with van der Waals surface area (Å²) >= 11 is 0. The van der Waals surface area contributed by atoms with Gasteiger partial charge in [0.1, 0.15) is 5.69 Å². The topological polar surface area (TPSA) is 87.2 Å². The fourth-order valence-electron chi connectivity index (χ4n) is 2.95. The van der Waals surface area contributed by atoms with Crippen molar-refractivity contribution in [3.63, 3.8) is 0 Å². The zero-order chi connectivity index (χ0) is 23.9. The van der Waals surface area contributed by atoms with Gasteiger partial charge in [0, 0.05) is 44.5 Å². The molecule has 1 saturated heterocycles. The Kier molecular flexibility index (Phi) is 8.92. The monoisotopic (exact) mass is 474 g/mol. The number of ether oxygens (including phenoxy) is 2. The Bertz CT molecular complexity index is 728. The van der Waals surface area contributed by atoms with Crippen LogP contribution in [0, 0.1) is 6.92 Å². The number of hydrogen-bond acceptors (Lipinski definition) is 7. The lowest BCUT2D eigenvalue weighted by atomic mass is 10.3. The average molecular weight is 474 g/mol. The van der Waals surface area contributed by atoms with Crippen LogP contribution in [-0.2, 0) is 4.79 Å². The minimum Gasteiger partial charge on any atom is -0.482 e. The van der Waals surface area contributed by atoms with E-state index in [2.05, 4.69) is 15.0 Å². The Morgan fingerprint density at radius 1 is 1.06 bits per heavy atom. The van der Waals surface area contributed by atoms with Gasteiger partial charge in [-0.3, -0.25) is 14.6 Å². The maximum absolute atomic E-state index is 12.6. The first kappa shape index (κ1) is 25.9. The number of aliphatic hydroxyl groups is 1. The number of piperazine rings is 1. The SMILES string of the molecule is Cc1cc(OCC(F)(F)F)c(NC(=O)CN2CCN(CCO)CC2)c(OCC(F)(F)F)n1. The first-order valence-electron chi connectivity index (χ1n) is 9.62. The second kappa shape index (κ2) is 11.0. The number of nitrogens with one attached hydrogen (secondary N) is 1. The van der Waals surface area contributed by atoms with Crippen molar-refractivity contribution < 1.29 is 45.7 Å². The standard InChI is InChI=1S/C18H24F6N4O4/c1-12-8-13(31-10-17(19,20)21)15(16(25-12)32-11-18(22,23)24)26-14(30)9-28-4-2-27(3-5-28)6-7-29/h8,29H,2-7,9-11H2,1H3,(H,26,30). The van der Waals surface area contributed by atoms with Crippen LogP contribution < -0.4 is 14.8 Å². The maximum atomic E-state index is 12.6. The van der Waals surface area contributed by atoms with Gasteiger partial charge in [-0.15, -0.1) is 0 Å². The summed E-state index contributed by atoms with van der Waals surface area (Å²) in [6, 6.07) is 1.06. The van der Waals surface area contributed by atoms with Crippen molar-refractivity contribution in [1.29, 1.82) is 0 Å². The third kappa shape index (κ3) is 9.04. The first-order chi connectivity index (χ1) is 14.9. The molecule has 182 valence electrons. The zero-order valence-corrected chi connectivity index (χ0v) is 17.2. The maximum Gasteiger partial charge on any atom is 0.422 e. The smallest absolute Gasteiger partial charge is 0.422 e. The van der Waals surface area contributed by atoms with Crippen LogP contribution >= 0.6 is 0 Å². The predicted molar refractivity (Wildman–Crippen MR) is 101 cm³/mol. The van der Waals surface area contributed by atoms with E-state index < -0.39 is 48.8 Å². The number of nitrogens with zero attached hydrogens (tertiary/aromatic N) is 3. The number of halogens is 6. The number of aryl methyl sites for hydroxylation is 1. The molecule has 1 fully saturated rings. The van der Waals surface area contributed by atoms with Gasteiger partial charge in [-0.25, -0.2) is 4.98 Å². The third-order valence-electron chi connectivity index (χ3n) is 4.35. The van der Waals surface area contributed by atoms with Gasteiger partial charge in [-0.2, -0.15) is 26.3 Å². The molecule has 0 bridgehead atoms. The minimum atomic E-state index is -4.73. The number of aliphatic hydroxyl groups excluding tert-OH is 1. The van der Waals surface area contributed by atoms with Gasteiger partial charge in [0.25, 0.3) is 0 Å². The van der Waals surface area contributed by atoms with E-state index >= 15 is 0 Å². The molecule has 0 unspecified atom stereocenters. The summed E-state index contributed by atoms with van der Waals surface area (Å²) in [5.41, 5.74) is -0.467. The summed E-state index contributed by atoms with van der Waals surface area (Å²) in [6.45, 7) is 0.388. The highest BCUT2D eigenvalue weighted by atomic mass is 19.4. The molecule has 1 amide bonds. The molecular weight excluding hydrogens is 450 g/mol. The van der Waals surface area contributed by atoms with Crippen LogP contribution in [0.2, 0.25) is 0 Å². The Hall–Kier alpha value is -2.32. The van der Waals surface area contributed by atoms with E-state index in [0.717, 1.165) is 6.07 Å². The van der Waals surface area contributed by atoms with E-state index in [4.69, 9.17) is 9.84 Å². The molecule has 2 heterocycles. The molecule has 0 radical (unpaired) electrons. The number of β-amino-alcohol motifs (C(OH)–C–C–N with tert-alkyl or cyclic N) is 1. The summed E-state index contributed by atoms with van der Waals surface area (Å²) < 4.78 is 84.9. The molecule has 2 N–H and O–H groups in total. The number of aromatic nitrogens is 1. The van der Waals surface area contributed by atoms with Crippen LogP contribution in [0.4, 0.5) is 32.0 Å². The van der Waals surface area contributed by atoms with Crippen LogP contribution in [0.5, 0.6) is 11.6 Å². The van der Waals surface area contributed by atoms with Gasteiger partial charge in [0.15, 0.2) is 19.0 Å². The fourth-order valence-corrected chi connectivity index (χ4v) is 2.95. The number of amides is 1. The molecule has 8 nitrogen and oxygen atoms in total. The van der Waals surface area contributed by atoms with Gasteiger partial charge in [0.05, 0.1) is 13.2 Å². The zero-order valence-electron chi connectivity index (χ0n) is 17.2. The van der Waals surface area contributed by atoms with Crippen molar-refractivity contribution in [3.8, 4) is 11.6 Å². The quantitative estimate of drug-likeness (QED) is 0.528. The number of anilines is 1. The second-order valence-electron chi connectivity index (χ2n) is 7.14. The molecule has 0 saturated carbocycles. The van der Waals surface area contributed by atoms with Gasteiger partial charge in [0.2, 0.25) is 11.8 Å². The van der Waals surface area contributed by atoms with Gasteiger partial charge < -0.3 is 19.9 Å². The summed E-state index contributed by atoms with van der Waals surface area (Å²) in [5, 5.41) is 11.2. The molecule has 0 atom stereocenters. The molecule has 14 heteroatoms. The molecule has 0 spiro atoms. The van der Waals surface area contributed by atoms with Crippen LogP contribution in [0.1, 0.15) is 5.69 Å². The fraction of sp³-hybridized carbons (Fsp3) is 0.667. The Morgan fingerprint density at radius 3 is 2.19 bits per heavy atom. The van der Waals surface area contributed by atoms with Crippen molar-refractivity contribution in [2.24, 2.45) is 0 Å². The number of hydrogen-bond donors (Lipinski definition) is 2. The molecule has 1 aliphatic heterocycles. The number of rotatable bonds is 9. The van der Waals surface area contributed by atoms with Crippen LogP contribution in [0.3, 0.4) is 0 Å². The van der Waals surface area contributed by atoms with E-state index in [0.29, 0.717) is 32.7 Å². The van der Waals surface area contributed by atoms with E-state index in [1.807, 2.05) is 4.90 Å². The molecule has 1 aliphatic rings. The molecule has 2 rings (SSSR count). The number of carbonyl (C=O) groups is 1. The van der Waals surface area contributed by atoms with Crippen LogP contribution in [-0.4, -0.2) is 97.2 Å². The highest BCUT2D eigenvalue weighted by molar-refractivity contribution is 5.95. The normalized spacial score (nSPS) is 16.1. The predicted octanol–water partition coefficient (Wildman–Crippen LogP) is 1.82. The molecule has 0 aromatic carbocycles. The van der Waals surface area contributed by atoms with Gasteiger partial charge in [-0.05, 0) is 6.92 Å². The van der Waals surface area contributed by atoms with Crippen LogP contribution in [0.25, 0.3) is 0 Å². The van der Waals surface area contributed by atoms with Crippen LogP contribution in [0.15, 0.2) is 6.07 Å². The first-order valence-corrected chi connectivity index (χ1v) is 9.62. The summed E-state index contributed by atoms with van der Waals surface area (Å²) in [6.07, 6.45) is -9.44. The highest BCUT2D eigenvalue weighted by Crippen LogP contribution is 2.36. The Morgan fingerprint density at radius 2 is 1.62 bits per heavy atom. The molecule has 32 heavy (non-hydrogen) atoms. The number of pyridine rings is 1. The lowest BCUT2D eigenvalue weighted by Crippen LogP contribution is -2.49. The molecule has 1 aromatic rings. The largest absolute Gasteiger partial charge is 0.482 e. The van der Waals surface area contributed by atoms with Gasteiger partial charge >= 0.3 is 12.4 Å². The van der Waals surface area contributed by atoms with E-state index in [1.54, 1.807) is 4.90 Å². The van der Waals surface area contributed by atoms with Crippen molar-refractivity contribution in [2.45, 2.75) is 19.3 Å². The Balaban J connectivity index is 2.15. The summed E-state index contributed by atoms with van der Waals surface area (Å²) in [7, 11) is 0. The van der Waals surface area contributed by atoms with E-state index in [-0.39, 0.29) is 18.8 Å². The van der Waals surface area contributed by atoms with Crippen molar-refractivity contribution in [3.05, 3.63) is 11.8 Å². The highest BCUT2D eigenvalue weighted by Gasteiger charge is 2.32. The van der Waals surface area contributed by atoms with Crippen molar-refractivity contribution in [1.82, 2.24) is 14.8 Å². The molecular formula is C18H24F6N4O4. The molecule has 0 aliphatic carbocycles. The van der Waals surface area contributed by atoms with Gasteiger partial charge in [-0.1, -0.05) is 0 Å². The van der Waals surface area contributed by atoms with Crippen molar-refractivity contribution in [2.75, 3.05) is 64.4 Å². The molecule has 1 aromatic heterocycles. The Labute approximate surface area is 180 Å². The minimum absolute atomic E-state index is 0.00230. The number of carbonyl (C=O) groups excluding carboxylic acids is 1. The van der Waals surface area contributed by atoms with E-state index in [1.165, 1.54) is 6.92 Å². The summed E-state index contributed by atoms with van der Waals surface area (Å²) in [5.74, 6) is -1.88. The second-order valence-corrected chi connectivity index (χ2v) is 7.14. The average Bonchev–Trinajstić information content (AvgIpc) is 2.67. The van der Waals surface area contributed by atoms with Crippen molar-refractivity contribution >= 4 is 11.6 Å². The number of alkyl halides is 6. The lowest BCUT2D eigenvalue weighted by molar-refractivity contribution is -0.154. The van der Waals surface area contributed by atoms with E-state index in [9.17, 15) is 31.1 Å². The third-order valence-corrected chi connectivity index (χ3v) is 4.35. The summed E-state index contributed by atoms with van der Waals surface area (Å²) in [4.78, 5) is 20.0. The lowest BCUT2D eigenvalue weighted by Gasteiger charge is -2.33.